The van der Waals surface area contributed by atoms with Crippen molar-refractivity contribution in [3.8, 4) is 0 Å². The van der Waals surface area contributed by atoms with Gasteiger partial charge in [0.2, 0.25) is 17.6 Å². The van der Waals surface area contributed by atoms with Gasteiger partial charge in [0.15, 0.2) is 0 Å². The summed E-state index contributed by atoms with van der Waals surface area (Å²) in [4.78, 5) is 66.2. The monoisotopic (exact) mass is 628 g/mol. The van der Waals surface area contributed by atoms with Gasteiger partial charge in [-0.05, 0) is 47.9 Å². The predicted molar refractivity (Wildman–Crippen MR) is 177 cm³/mol. The van der Waals surface area contributed by atoms with Crippen LogP contribution in [0.1, 0.15) is 51.7 Å². The van der Waals surface area contributed by atoms with E-state index in [1.807, 2.05) is 88.4 Å². The molecule has 0 aliphatic carbocycles. The number of para-hydroxylation sites is 1. The summed E-state index contributed by atoms with van der Waals surface area (Å²) < 4.78 is 5.33. The minimum atomic E-state index is -1.12. The zero-order valence-corrected chi connectivity index (χ0v) is 26.8. The zero-order chi connectivity index (χ0) is 33.5. The SMILES string of the molecule is CC(C)C[C@H](NC(=O)OCc1ccccc1)C(=O)N[C@@H](Cc1ccccc1)C(=O)N[C@@H](CC(C)C)C(=O)C(=O)Nc1ccccc1. The molecule has 0 aromatic heterocycles. The van der Waals surface area contributed by atoms with E-state index in [-0.39, 0.29) is 31.3 Å². The number of hydrogen-bond donors (Lipinski definition) is 4. The van der Waals surface area contributed by atoms with E-state index >= 15 is 0 Å². The van der Waals surface area contributed by atoms with Gasteiger partial charge in [-0.2, -0.15) is 0 Å². The van der Waals surface area contributed by atoms with Crippen molar-refractivity contribution < 1.29 is 28.7 Å². The summed E-state index contributed by atoms with van der Waals surface area (Å²) in [5, 5.41) is 10.7. The Morgan fingerprint density at radius 1 is 0.587 bits per heavy atom. The van der Waals surface area contributed by atoms with Crippen molar-refractivity contribution >= 4 is 35.3 Å². The lowest BCUT2D eigenvalue weighted by Crippen LogP contribution is -2.57. The number of Topliss-reactive ketones (excluding diaryl/α,β-unsaturated/α-hetero) is 1. The number of rotatable bonds is 16. The topological polar surface area (TPSA) is 143 Å². The fraction of sp³-hybridized carbons (Fsp3) is 0.361. The maximum Gasteiger partial charge on any atom is 0.408 e. The van der Waals surface area contributed by atoms with Crippen molar-refractivity contribution in [2.75, 3.05) is 5.32 Å². The van der Waals surface area contributed by atoms with Crippen LogP contribution in [-0.2, 0) is 36.9 Å². The normalized spacial score (nSPS) is 12.8. The van der Waals surface area contributed by atoms with Crippen LogP contribution in [0.3, 0.4) is 0 Å². The molecule has 0 aliphatic heterocycles. The van der Waals surface area contributed by atoms with Gasteiger partial charge in [0.05, 0.1) is 6.04 Å². The minimum absolute atomic E-state index is 0.0255. The van der Waals surface area contributed by atoms with Crippen LogP contribution in [0.25, 0.3) is 0 Å². The van der Waals surface area contributed by atoms with Gasteiger partial charge in [-0.15, -0.1) is 0 Å². The van der Waals surface area contributed by atoms with Gasteiger partial charge in [-0.25, -0.2) is 4.79 Å². The Morgan fingerprint density at radius 3 is 1.63 bits per heavy atom. The van der Waals surface area contributed by atoms with E-state index < -0.39 is 47.7 Å². The Balaban J connectivity index is 1.76. The lowest BCUT2D eigenvalue weighted by Gasteiger charge is -2.26. The van der Waals surface area contributed by atoms with E-state index in [0.717, 1.165) is 11.1 Å². The first kappa shape index (κ1) is 35.5. The van der Waals surface area contributed by atoms with E-state index in [1.54, 1.807) is 30.3 Å². The van der Waals surface area contributed by atoms with Gasteiger partial charge in [-0.3, -0.25) is 19.2 Å². The summed E-state index contributed by atoms with van der Waals surface area (Å²) in [5.41, 5.74) is 2.02. The molecular weight excluding hydrogens is 584 g/mol. The number of nitrogens with one attached hydrogen (secondary N) is 4. The number of ether oxygens (including phenoxy) is 1. The minimum Gasteiger partial charge on any atom is -0.445 e. The molecule has 0 saturated heterocycles. The number of amides is 4. The molecule has 0 radical (unpaired) electrons. The standard InChI is InChI=1S/C36H44N4O6/c1-24(2)20-29(32(41)35(44)37-28-18-12-7-13-19-28)38-34(43)31(22-26-14-8-5-9-15-26)39-33(42)30(21-25(3)4)40-36(45)46-23-27-16-10-6-11-17-27/h5-19,24-25,29-31H,20-23H2,1-4H3,(H,37,44)(H,38,43)(H,39,42)(H,40,45)/t29-,30-,31-/m0/s1. The number of carbonyl (C=O) groups excluding carboxylic acids is 5. The lowest BCUT2D eigenvalue weighted by atomic mass is 9.98. The lowest BCUT2D eigenvalue weighted by molar-refractivity contribution is -0.138. The zero-order valence-electron chi connectivity index (χ0n) is 26.8. The molecule has 3 atom stereocenters. The average Bonchev–Trinajstić information content (AvgIpc) is 3.03. The molecule has 0 saturated carbocycles. The summed E-state index contributed by atoms with van der Waals surface area (Å²) >= 11 is 0. The quantitative estimate of drug-likeness (QED) is 0.168. The predicted octanol–water partition coefficient (Wildman–Crippen LogP) is 4.79. The average molecular weight is 629 g/mol. The molecule has 46 heavy (non-hydrogen) atoms. The number of anilines is 1. The van der Waals surface area contributed by atoms with Gasteiger partial charge in [-0.1, -0.05) is 107 Å². The van der Waals surface area contributed by atoms with Crippen LogP contribution in [-0.4, -0.2) is 47.7 Å². The molecule has 0 heterocycles. The van der Waals surface area contributed by atoms with Crippen molar-refractivity contribution in [1.82, 2.24) is 16.0 Å². The van der Waals surface area contributed by atoms with Gasteiger partial charge in [0.1, 0.15) is 18.7 Å². The van der Waals surface area contributed by atoms with Crippen molar-refractivity contribution in [2.45, 2.75) is 71.7 Å². The van der Waals surface area contributed by atoms with Crippen molar-refractivity contribution in [3.05, 3.63) is 102 Å². The number of carbonyl (C=O) groups is 5. The second-order valence-corrected chi connectivity index (χ2v) is 12.0. The third-order valence-electron chi connectivity index (χ3n) is 7.04. The molecule has 4 amide bonds. The van der Waals surface area contributed by atoms with Crippen LogP contribution in [0.5, 0.6) is 0 Å². The van der Waals surface area contributed by atoms with E-state index in [1.165, 1.54) is 0 Å². The third kappa shape index (κ3) is 12.2. The molecule has 3 aromatic rings. The summed E-state index contributed by atoms with van der Waals surface area (Å²) in [6.07, 6.45) is -0.144. The number of benzene rings is 3. The molecule has 10 heteroatoms. The van der Waals surface area contributed by atoms with Crippen LogP contribution in [0.2, 0.25) is 0 Å². The Hall–Kier alpha value is -4.99. The number of ketones is 1. The molecule has 4 N–H and O–H groups in total. The smallest absolute Gasteiger partial charge is 0.408 e. The molecule has 0 aliphatic rings. The highest BCUT2D eigenvalue weighted by Gasteiger charge is 2.32. The van der Waals surface area contributed by atoms with E-state index in [0.29, 0.717) is 12.1 Å². The Kier molecular flexibility index (Phi) is 14.0. The Morgan fingerprint density at radius 2 is 1.07 bits per heavy atom. The molecule has 0 fully saturated rings. The largest absolute Gasteiger partial charge is 0.445 e. The molecular formula is C36H44N4O6. The van der Waals surface area contributed by atoms with Gasteiger partial charge in [0.25, 0.3) is 5.91 Å². The first-order valence-electron chi connectivity index (χ1n) is 15.5. The molecule has 10 nitrogen and oxygen atoms in total. The van der Waals surface area contributed by atoms with Crippen LogP contribution >= 0.6 is 0 Å². The van der Waals surface area contributed by atoms with Crippen molar-refractivity contribution in [2.24, 2.45) is 11.8 Å². The summed E-state index contributed by atoms with van der Waals surface area (Å²) in [6.45, 7) is 7.61. The molecule has 0 unspecified atom stereocenters. The van der Waals surface area contributed by atoms with Crippen molar-refractivity contribution in [3.63, 3.8) is 0 Å². The van der Waals surface area contributed by atoms with Gasteiger partial charge in [0, 0.05) is 12.1 Å². The summed E-state index contributed by atoms with van der Waals surface area (Å²) in [7, 11) is 0. The number of alkyl carbamates (subject to hydrolysis) is 1. The second-order valence-electron chi connectivity index (χ2n) is 12.0. The fourth-order valence-corrected chi connectivity index (χ4v) is 4.79. The van der Waals surface area contributed by atoms with Crippen molar-refractivity contribution in [1.29, 1.82) is 0 Å². The summed E-state index contributed by atoms with van der Waals surface area (Å²) in [5.74, 6) is -2.84. The maximum absolute atomic E-state index is 13.8. The Labute approximate surface area is 270 Å². The maximum atomic E-state index is 13.8. The van der Waals surface area contributed by atoms with Crippen LogP contribution in [0.4, 0.5) is 10.5 Å². The Bertz CT molecular complexity index is 1430. The van der Waals surface area contributed by atoms with Crippen LogP contribution in [0.15, 0.2) is 91.0 Å². The van der Waals surface area contributed by atoms with Crippen LogP contribution < -0.4 is 21.3 Å². The number of hydrogen-bond acceptors (Lipinski definition) is 6. The van der Waals surface area contributed by atoms with E-state index in [9.17, 15) is 24.0 Å². The molecule has 244 valence electrons. The third-order valence-corrected chi connectivity index (χ3v) is 7.04. The first-order chi connectivity index (χ1) is 22.0. The first-order valence-corrected chi connectivity index (χ1v) is 15.5. The molecule has 3 aromatic carbocycles. The highest BCUT2D eigenvalue weighted by molar-refractivity contribution is 6.42. The van der Waals surface area contributed by atoms with Gasteiger partial charge >= 0.3 is 6.09 Å². The second kappa shape index (κ2) is 18.1. The van der Waals surface area contributed by atoms with Gasteiger partial charge < -0.3 is 26.0 Å². The highest BCUT2D eigenvalue weighted by atomic mass is 16.5. The molecule has 0 bridgehead atoms. The molecule has 0 spiro atoms. The van der Waals surface area contributed by atoms with E-state index in [4.69, 9.17) is 4.74 Å². The molecule has 3 rings (SSSR count). The van der Waals surface area contributed by atoms with Crippen LogP contribution in [0, 0.1) is 11.8 Å². The highest BCUT2D eigenvalue weighted by Crippen LogP contribution is 2.12. The summed E-state index contributed by atoms with van der Waals surface area (Å²) in [6, 6.07) is 23.6. The van der Waals surface area contributed by atoms with E-state index in [2.05, 4.69) is 21.3 Å². The fourth-order valence-electron chi connectivity index (χ4n) is 4.79.